The summed E-state index contributed by atoms with van der Waals surface area (Å²) in [4.78, 5) is 33.9. The lowest BCUT2D eigenvalue weighted by Gasteiger charge is -2.15. The summed E-state index contributed by atoms with van der Waals surface area (Å²) < 4.78 is 1.72. The van der Waals surface area contributed by atoms with E-state index in [4.69, 9.17) is 10.7 Å². The van der Waals surface area contributed by atoms with Crippen LogP contribution < -0.4 is 11.3 Å². The van der Waals surface area contributed by atoms with Crippen molar-refractivity contribution in [2.75, 3.05) is 11.5 Å². The third-order valence-electron chi connectivity index (χ3n) is 5.03. The van der Waals surface area contributed by atoms with Crippen LogP contribution in [-0.4, -0.2) is 35.2 Å². The van der Waals surface area contributed by atoms with Gasteiger partial charge >= 0.3 is 0 Å². The second kappa shape index (κ2) is 7.84. The fraction of sp³-hybridized carbons (Fsp3) is 0.136. The van der Waals surface area contributed by atoms with Gasteiger partial charge in [0.05, 0.1) is 22.9 Å². The molecule has 8 nitrogen and oxygen atoms in total. The maximum Gasteiger partial charge on any atom is 0.265 e. The summed E-state index contributed by atoms with van der Waals surface area (Å²) in [7, 11) is 0. The number of anilines is 1. The number of thioether (sulfide) groups is 1. The van der Waals surface area contributed by atoms with Crippen molar-refractivity contribution in [1.82, 2.24) is 29.5 Å². The van der Waals surface area contributed by atoms with E-state index in [1.165, 1.54) is 11.8 Å². The van der Waals surface area contributed by atoms with Gasteiger partial charge < -0.3 is 10.7 Å². The minimum atomic E-state index is -0.0686. The van der Waals surface area contributed by atoms with E-state index < -0.39 is 0 Å². The first-order chi connectivity index (χ1) is 15.1. The molecule has 0 aliphatic carbocycles. The lowest BCUT2D eigenvalue weighted by atomic mass is 10.1. The number of nitrogens with one attached hydrogen (secondary N) is 1. The summed E-state index contributed by atoms with van der Waals surface area (Å²) in [6, 6.07) is 15.3. The van der Waals surface area contributed by atoms with E-state index in [-0.39, 0.29) is 11.5 Å². The maximum atomic E-state index is 13.4. The Bertz CT molecular complexity index is 1470. The average Bonchev–Trinajstić information content (AvgIpc) is 3.23. The molecule has 9 heteroatoms. The van der Waals surface area contributed by atoms with Crippen molar-refractivity contribution in [2.45, 2.75) is 18.4 Å². The van der Waals surface area contributed by atoms with Crippen LogP contribution in [0.4, 0.5) is 5.95 Å². The molecule has 2 aromatic carbocycles. The number of nitrogens with two attached hydrogens (primary N) is 1. The molecule has 0 amide bonds. The molecule has 0 spiro atoms. The minimum absolute atomic E-state index is 0.0686. The maximum absolute atomic E-state index is 13.4. The fourth-order valence-corrected chi connectivity index (χ4v) is 4.50. The number of hydrogen-bond acceptors (Lipinski definition) is 7. The molecule has 0 saturated heterocycles. The molecule has 3 N–H and O–H groups in total. The second-order valence-electron chi connectivity index (χ2n) is 7.06. The fourth-order valence-electron chi connectivity index (χ4n) is 3.57. The Balaban J connectivity index is 1.54. The molecule has 0 atom stereocenters. The van der Waals surface area contributed by atoms with Crippen molar-refractivity contribution in [3.05, 3.63) is 76.6 Å². The van der Waals surface area contributed by atoms with Crippen molar-refractivity contribution in [2.24, 2.45) is 0 Å². The zero-order valence-electron chi connectivity index (χ0n) is 16.7. The van der Waals surface area contributed by atoms with Crippen LogP contribution in [0.2, 0.25) is 0 Å². The lowest BCUT2D eigenvalue weighted by Crippen LogP contribution is -2.25. The normalized spacial score (nSPS) is 11.4. The molecule has 5 rings (SSSR count). The second-order valence-corrected chi connectivity index (χ2v) is 8.14. The minimum Gasteiger partial charge on any atom is -0.368 e. The van der Waals surface area contributed by atoms with Gasteiger partial charge in [0, 0.05) is 12.2 Å². The third kappa shape index (κ3) is 3.53. The van der Waals surface area contributed by atoms with Crippen molar-refractivity contribution in [3.63, 3.8) is 0 Å². The average molecular weight is 430 g/mol. The first-order valence-corrected chi connectivity index (χ1v) is 10.8. The molecular formula is C22H19N7OS. The summed E-state index contributed by atoms with van der Waals surface area (Å²) in [5.74, 6) is 1.54. The number of aromatic amines is 1. The number of benzene rings is 2. The highest BCUT2D eigenvalue weighted by Gasteiger charge is 2.15. The molecule has 0 aliphatic rings. The van der Waals surface area contributed by atoms with Crippen molar-refractivity contribution >= 4 is 39.8 Å². The van der Waals surface area contributed by atoms with Crippen LogP contribution >= 0.6 is 11.8 Å². The summed E-state index contributed by atoms with van der Waals surface area (Å²) in [6.07, 6.45) is 2.14. The molecule has 0 fully saturated rings. The Labute approximate surface area is 181 Å². The number of rotatable bonds is 5. The number of H-pyrrole nitrogens is 1. The third-order valence-corrected chi connectivity index (χ3v) is 6.00. The zero-order valence-corrected chi connectivity index (χ0v) is 17.6. The highest BCUT2D eigenvalue weighted by molar-refractivity contribution is 7.99. The van der Waals surface area contributed by atoms with Gasteiger partial charge in [-0.2, -0.15) is 4.98 Å². The summed E-state index contributed by atoms with van der Waals surface area (Å²) in [6.45, 7) is 1.99. The predicted molar refractivity (Wildman–Crippen MR) is 123 cm³/mol. The first-order valence-electron chi connectivity index (χ1n) is 9.78. The van der Waals surface area contributed by atoms with Crippen molar-refractivity contribution < 1.29 is 0 Å². The van der Waals surface area contributed by atoms with Crippen molar-refractivity contribution in [3.8, 4) is 5.69 Å². The lowest BCUT2D eigenvalue weighted by molar-refractivity contribution is 0.833. The molecule has 0 radical (unpaired) electrons. The van der Waals surface area contributed by atoms with Gasteiger partial charge in [-0.05, 0) is 30.7 Å². The van der Waals surface area contributed by atoms with Crippen LogP contribution in [-0.2, 0) is 6.42 Å². The Morgan fingerprint density at radius 3 is 2.74 bits per heavy atom. The molecule has 0 saturated carbocycles. The molecule has 5 aromatic rings. The number of nitrogens with zero attached hydrogens (tertiary/aromatic N) is 5. The zero-order chi connectivity index (χ0) is 21.4. The number of imidazole rings is 1. The van der Waals surface area contributed by atoms with Crippen LogP contribution in [0, 0.1) is 6.92 Å². The number of aromatic nitrogens is 6. The Morgan fingerprint density at radius 1 is 1.06 bits per heavy atom. The number of hydrogen-bond donors (Lipinski definition) is 2. The van der Waals surface area contributed by atoms with Crippen LogP contribution in [0.25, 0.3) is 27.8 Å². The van der Waals surface area contributed by atoms with Gasteiger partial charge in [0.25, 0.3) is 5.56 Å². The highest BCUT2D eigenvalue weighted by Crippen LogP contribution is 2.25. The van der Waals surface area contributed by atoms with Gasteiger partial charge in [-0.15, -0.1) is 11.8 Å². The topological polar surface area (TPSA) is 115 Å². The van der Waals surface area contributed by atoms with Gasteiger partial charge in [-0.3, -0.25) is 9.36 Å². The molecule has 0 unspecified atom stereocenters. The number of nitrogen functional groups attached to an aromatic ring is 1. The van der Waals surface area contributed by atoms with E-state index in [0.717, 1.165) is 11.3 Å². The Kier molecular flexibility index (Phi) is 4.87. The first kappa shape index (κ1) is 19.3. The van der Waals surface area contributed by atoms with Crippen LogP contribution in [0.5, 0.6) is 0 Å². The molecule has 3 aromatic heterocycles. The molecular weight excluding hydrogens is 410 g/mol. The van der Waals surface area contributed by atoms with Gasteiger partial charge in [-0.25, -0.2) is 15.0 Å². The van der Waals surface area contributed by atoms with Gasteiger partial charge in [0.1, 0.15) is 16.4 Å². The predicted octanol–water partition coefficient (Wildman–Crippen LogP) is 3.28. The number of para-hydroxylation sites is 2. The number of aryl methyl sites for hydroxylation is 2. The Morgan fingerprint density at radius 2 is 1.87 bits per heavy atom. The molecule has 31 heavy (non-hydrogen) atoms. The highest BCUT2D eigenvalue weighted by atomic mass is 32.2. The van der Waals surface area contributed by atoms with Crippen molar-refractivity contribution in [1.29, 1.82) is 0 Å². The number of fused-ring (bicyclic) bond motifs is 2. The van der Waals surface area contributed by atoms with E-state index >= 15 is 0 Å². The van der Waals surface area contributed by atoms with E-state index in [0.29, 0.717) is 45.1 Å². The quantitative estimate of drug-likeness (QED) is 0.325. The Hall–Kier alpha value is -3.72. The standard InChI is InChI=1S/C22H19N7OS/c1-13-6-2-5-9-16(13)29-17(26-15-8-4-3-7-14(15)21(29)30)10-11-31-20-18-19(25-12-24-18)27-22(23)28-20/h2-9,12H,10-11H2,1H3,(H3,23,24,25,27,28). The van der Waals surface area contributed by atoms with Crippen LogP contribution in [0.1, 0.15) is 11.4 Å². The van der Waals surface area contributed by atoms with Crippen LogP contribution in [0.3, 0.4) is 0 Å². The monoisotopic (exact) mass is 429 g/mol. The smallest absolute Gasteiger partial charge is 0.265 e. The molecule has 3 heterocycles. The molecule has 154 valence electrons. The van der Waals surface area contributed by atoms with Gasteiger partial charge in [-0.1, -0.05) is 30.3 Å². The summed E-state index contributed by atoms with van der Waals surface area (Å²) in [5.41, 5.74) is 9.59. The SMILES string of the molecule is Cc1ccccc1-n1c(CCSc2nc(N)nc3[nH]cnc23)nc2ccccc2c1=O. The van der Waals surface area contributed by atoms with E-state index in [2.05, 4.69) is 19.9 Å². The summed E-state index contributed by atoms with van der Waals surface area (Å²) >= 11 is 1.51. The summed E-state index contributed by atoms with van der Waals surface area (Å²) in [5, 5.41) is 1.30. The van der Waals surface area contributed by atoms with E-state index in [9.17, 15) is 4.79 Å². The van der Waals surface area contributed by atoms with Gasteiger partial charge in [0.15, 0.2) is 5.65 Å². The molecule has 0 aliphatic heterocycles. The van der Waals surface area contributed by atoms with Gasteiger partial charge in [0.2, 0.25) is 5.95 Å². The van der Waals surface area contributed by atoms with E-state index in [1.807, 2.05) is 55.5 Å². The van der Waals surface area contributed by atoms with Crippen LogP contribution in [0.15, 0.2) is 64.7 Å². The molecule has 0 bridgehead atoms. The largest absolute Gasteiger partial charge is 0.368 e. The van der Waals surface area contributed by atoms with E-state index in [1.54, 1.807) is 10.9 Å².